The summed E-state index contributed by atoms with van der Waals surface area (Å²) in [6.45, 7) is 10.7. The van der Waals surface area contributed by atoms with E-state index in [2.05, 4.69) is 34.6 Å². The summed E-state index contributed by atoms with van der Waals surface area (Å²) < 4.78 is 50.3. The first-order chi connectivity index (χ1) is 30.4. The molecule has 64 heavy (non-hydrogen) atoms. The molecule has 0 unspecified atom stereocenters. The van der Waals surface area contributed by atoms with Crippen LogP contribution in [0.25, 0.3) is 0 Å². The van der Waals surface area contributed by atoms with Crippen LogP contribution in [0.3, 0.4) is 0 Å². The fourth-order valence-electron chi connectivity index (χ4n) is 15.2. The predicted molar refractivity (Wildman–Crippen MR) is 224 cm³/mol. The second-order valence-electron chi connectivity index (χ2n) is 22.5. The molecule has 26 atom stereocenters. The zero-order valence-corrected chi connectivity index (χ0v) is 38.3. The topological polar surface area (TPSA) is 256 Å². The van der Waals surface area contributed by atoms with E-state index in [4.69, 9.17) is 37.9 Å². The molecule has 4 saturated carbocycles. The highest BCUT2D eigenvalue weighted by Gasteiger charge is 2.70. The van der Waals surface area contributed by atoms with Crippen LogP contribution in [0.2, 0.25) is 0 Å². The van der Waals surface area contributed by atoms with Crippen molar-refractivity contribution >= 4 is 0 Å². The molecule has 9 aliphatic rings. The fourth-order valence-corrected chi connectivity index (χ4v) is 15.2. The molecule has 17 nitrogen and oxygen atoms in total. The van der Waals surface area contributed by atoms with Gasteiger partial charge in [0.05, 0.1) is 51.8 Å². The average Bonchev–Trinajstić information content (AvgIpc) is 3.72. The van der Waals surface area contributed by atoms with Crippen LogP contribution >= 0.6 is 0 Å². The monoisotopic (exact) mass is 915 g/mol. The first-order valence-electron chi connectivity index (χ1n) is 24.5. The lowest BCUT2D eigenvalue weighted by molar-refractivity contribution is -0.339. The fraction of sp³-hybridized carbons (Fsp3) is 1.00. The van der Waals surface area contributed by atoms with Gasteiger partial charge in [-0.05, 0) is 104 Å². The molecular weight excluding hydrogens is 836 g/mol. The summed E-state index contributed by atoms with van der Waals surface area (Å²) in [4.78, 5) is 0. The van der Waals surface area contributed by atoms with Crippen LogP contribution < -0.4 is 0 Å². The van der Waals surface area contributed by atoms with E-state index in [9.17, 15) is 46.0 Å². The Morgan fingerprint density at radius 2 is 1.34 bits per heavy atom. The molecule has 4 aliphatic carbocycles. The minimum Gasteiger partial charge on any atom is -0.394 e. The van der Waals surface area contributed by atoms with E-state index in [0.717, 1.165) is 58.0 Å². The molecule has 368 valence electrons. The van der Waals surface area contributed by atoms with Gasteiger partial charge >= 0.3 is 0 Å². The van der Waals surface area contributed by atoms with Gasteiger partial charge in [0.1, 0.15) is 79.4 Å². The second-order valence-corrected chi connectivity index (χ2v) is 22.5. The third kappa shape index (κ3) is 7.97. The first kappa shape index (κ1) is 48.3. The van der Waals surface area contributed by atoms with E-state index in [1.54, 1.807) is 0 Å². The van der Waals surface area contributed by atoms with Crippen molar-refractivity contribution < 1.29 is 83.9 Å². The molecule has 5 saturated heterocycles. The van der Waals surface area contributed by atoms with Gasteiger partial charge in [-0.1, -0.05) is 34.6 Å². The number of ether oxygens (including phenoxy) is 8. The summed E-state index contributed by atoms with van der Waals surface area (Å²) >= 11 is 0. The molecule has 9 rings (SSSR count). The van der Waals surface area contributed by atoms with E-state index in [1.165, 1.54) is 12.8 Å². The maximum absolute atomic E-state index is 12.0. The molecule has 9 N–H and O–H groups in total. The van der Waals surface area contributed by atoms with Crippen molar-refractivity contribution in [1.29, 1.82) is 0 Å². The van der Waals surface area contributed by atoms with Gasteiger partial charge in [0.25, 0.3) is 0 Å². The van der Waals surface area contributed by atoms with Gasteiger partial charge in [-0.3, -0.25) is 0 Å². The predicted octanol–water partition coefficient (Wildman–Crippen LogP) is 0.381. The molecular formula is C47H78O17. The number of fused-ring (bicyclic) bond motifs is 7. The summed E-state index contributed by atoms with van der Waals surface area (Å²) in [5, 5.41) is 94.8. The number of aliphatic hydroxyl groups excluding tert-OH is 9. The summed E-state index contributed by atoms with van der Waals surface area (Å²) in [5.74, 6) is 2.80. The lowest BCUT2D eigenvalue weighted by Gasteiger charge is -2.65. The highest BCUT2D eigenvalue weighted by Crippen LogP contribution is 2.73. The smallest absolute Gasteiger partial charge is 0.187 e. The van der Waals surface area contributed by atoms with Crippen molar-refractivity contribution in [2.45, 2.75) is 202 Å². The quantitative estimate of drug-likeness (QED) is 0.134. The van der Waals surface area contributed by atoms with Gasteiger partial charge < -0.3 is 83.9 Å². The van der Waals surface area contributed by atoms with Crippen LogP contribution in [0.5, 0.6) is 0 Å². The highest BCUT2D eigenvalue weighted by molar-refractivity contribution is 5.17. The lowest BCUT2D eigenvalue weighted by atomic mass is 9.40. The number of hydrogen-bond acceptors (Lipinski definition) is 17. The molecule has 0 bridgehead atoms. The maximum Gasteiger partial charge on any atom is 0.187 e. The van der Waals surface area contributed by atoms with Crippen molar-refractivity contribution in [3.05, 3.63) is 0 Å². The summed E-state index contributed by atoms with van der Waals surface area (Å²) in [6, 6.07) is 0. The summed E-state index contributed by atoms with van der Waals surface area (Å²) in [6.07, 6.45) is -8.61. The van der Waals surface area contributed by atoms with E-state index in [0.29, 0.717) is 35.5 Å². The number of aliphatic hydroxyl groups is 9. The third-order valence-electron chi connectivity index (χ3n) is 19.2. The Morgan fingerprint density at radius 1 is 0.641 bits per heavy atom. The standard InChI is InChI=1S/C47H78O17/c1-22-6-13-47(60-18-22)23(2)34-29(64-47)14-27-25-8-10-44(3)15-24(7-12-46(44,5)26(25)9-11-45(27,34)4)61-43-42(59-21-33-38(54)39(55)36(52)30(16-48)62-33)40(56)41(31(17-49)63-43)58-20-32-37(53)35(51)28(50)19-57-32/h22-43,48-56H,6-21H2,1-5H3/t22-,23+,24+,25+,26+,27+,28-,29+,30-,31+,32-,33-,34+,35-,36-,37+,38+,39-,40-,41+,42+,43+,44-,45+,46-,47-/m1/s1. The first-order valence-corrected chi connectivity index (χ1v) is 24.5. The largest absolute Gasteiger partial charge is 0.394 e. The maximum atomic E-state index is 12.0. The van der Waals surface area contributed by atoms with Gasteiger partial charge in [-0.2, -0.15) is 0 Å². The van der Waals surface area contributed by atoms with E-state index in [-0.39, 0.29) is 41.7 Å². The highest BCUT2D eigenvalue weighted by atomic mass is 16.7. The molecule has 5 heterocycles. The Morgan fingerprint density at radius 3 is 2.06 bits per heavy atom. The average molecular weight is 915 g/mol. The van der Waals surface area contributed by atoms with Gasteiger partial charge in [-0.25, -0.2) is 0 Å². The van der Waals surface area contributed by atoms with Crippen LogP contribution in [0.1, 0.15) is 98.8 Å². The minimum atomic E-state index is -1.63. The van der Waals surface area contributed by atoms with Crippen molar-refractivity contribution in [2.24, 2.45) is 51.8 Å². The summed E-state index contributed by atoms with van der Waals surface area (Å²) in [5.41, 5.74) is 0.229. The van der Waals surface area contributed by atoms with Gasteiger partial charge in [0, 0.05) is 12.3 Å². The van der Waals surface area contributed by atoms with Gasteiger partial charge in [0.15, 0.2) is 12.1 Å². The van der Waals surface area contributed by atoms with Gasteiger partial charge in [0.2, 0.25) is 0 Å². The Hall–Kier alpha value is -0.680. The van der Waals surface area contributed by atoms with Crippen LogP contribution in [0.15, 0.2) is 0 Å². The minimum absolute atomic E-state index is 0.0548. The molecule has 5 aliphatic heterocycles. The van der Waals surface area contributed by atoms with Crippen molar-refractivity contribution in [2.75, 3.05) is 39.6 Å². The Bertz CT molecular complexity index is 1600. The van der Waals surface area contributed by atoms with Crippen molar-refractivity contribution in [1.82, 2.24) is 0 Å². The molecule has 0 aromatic heterocycles. The number of hydrogen-bond donors (Lipinski definition) is 9. The molecule has 1 spiro atoms. The zero-order valence-electron chi connectivity index (χ0n) is 38.3. The van der Waals surface area contributed by atoms with E-state index >= 15 is 0 Å². The molecule has 0 aromatic carbocycles. The number of rotatable bonds is 10. The Labute approximate surface area is 377 Å². The zero-order chi connectivity index (χ0) is 45.7. The van der Waals surface area contributed by atoms with Crippen LogP contribution in [-0.2, 0) is 37.9 Å². The molecule has 0 aromatic rings. The third-order valence-corrected chi connectivity index (χ3v) is 19.2. The van der Waals surface area contributed by atoms with Crippen LogP contribution in [0.4, 0.5) is 0 Å². The second kappa shape index (κ2) is 18.2. The summed E-state index contributed by atoms with van der Waals surface area (Å²) in [7, 11) is 0. The van der Waals surface area contributed by atoms with Crippen molar-refractivity contribution in [3.8, 4) is 0 Å². The SMILES string of the molecule is C[C@@H]1CC[C@@]2(OC1)O[C@H]1C[C@H]3[C@H]4CC[C@]5(C)C[C@@H](O[C@H]6O[C@@H](CO)[C@H](OC[C@H]7OC[C@@H](O)[C@@H](O)[C@H]7O)[C@@H](O)[C@@H]6OC[C@H]6O[C@H](CO)[C@@H](O)[C@@H](O)[C@H]6O)CC[C@]5(C)[C@H]4CC[C@]3(C)[C@H]1[C@@H]2C. The molecule has 17 heteroatoms. The Balaban J connectivity index is 0.892. The Kier molecular flexibility index (Phi) is 13.8. The van der Waals surface area contributed by atoms with Crippen LogP contribution in [0, 0.1) is 51.8 Å². The van der Waals surface area contributed by atoms with E-state index < -0.39 is 111 Å². The van der Waals surface area contributed by atoms with Crippen molar-refractivity contribution in [3.63, 3.8) is 0 Å². The van der Waals surface area contributed by atoms with Gasteiger partial charge in [-0.15, -0.1) is 0 Å². The molecule has 9 fully saturated rings. The normalized spacial score (nSPS) is 57.5. The van der Waals surface area contributed by atoms with E-state index in [1.807, 2.05) is 0 Å². The molecule has 0 amide bonds. The molecule has 0 radical (unpaired) electrons. The lowest BCUT2D eigenvalue weighted by Crippen LogP contribution is -2.64. The van der Waals surface area contributed by atoms with Crippen LogP contribution in [-0.4, -0.2) is 189 Å².